The third-order valence-corrected chi connectivity index (χ3v) is 5.07. The summed E-state index contributed by atoms with van der Waals surface area (Å²) in [7, 11) is 0. The van der Waals surface area contributed by atoms with E-state index in [4.69, 9.17) is 16.3 Å². The number of halogens is 1. The predicted molar refractivity (Wildman–Crippen MR) is 103 cm³/mol. The van der Waals surface area contributed by atoms with E-state index in [0.29, 0.717) is 17.3 Å². The molecule has 2 heterocycles. The zero-order chi connectivity index (χ0) is 18.7. The number of carbonyl (C=O) groups is 1. The normalized spacial score (nSPS) is 11.7. The highest BCUT2D eigenvalue weighted by atomic mass is 35.5. The number of hydrogen-bond acceptors (Lipinski definition) is 4. The van der Waals surface area contributed by atoms with Gasteiger partial charge in [0.05, 0.1) is 24.5 Å². The second kappa shape index (κ2) is 7.61. The van der Waals surface area contributed by atoms with Crippen molar-refractivity contribution < 1.29 is 14.6 Å². The van der Waals surface area contributed by atoms with Gasteiger partial charge in [0.25, 0.3) is 0 Å². The van der Waals surface area contributed by atoms with Gasteiger partial charge in [-0.15, -0.1) is 0 Å². The molecule has 0 saturated carbocycles. The van der Waals surface area contributed by atoms with Gasteiger partial charge in [0, 0.05) is 16.0 Å². The summed E-state index contributed by atoms with van der Waals surface area (Å²) in [6.07, 6.45) is 0. The minimum absolute atomic E-state index is 0.117. The first-order valence-electron chi connectivity index (χ1n) is 8.07. The molecule has 0 fully saturated rings. The van der Waals surface area contributed by atoms with Crippen molar-refractivity contribution in [3.63, 3.8) is 0 Å². The maximum Gasteiger partial charge on any atom is 0.335 e. The lowest BCUT2D eigenvalue weighted by Gasteiger charge is -2.19. The van der Waals surface area contributed by atoms with Crippen LogP contribution in [0.4, 0.5) is 0 Å². The molecule has 0 spiro atoms. The highest BCUT2D eigenvalue weighted by molar-refractivity contribution is 7.08. The van der Waals surface area contributed by atoms with Crippen molar-refractivity contribution in [2.75, 3.05) is 0 Å². The Bertz CT molecular complexity index is 903. The molecule has 0 amide bonds. The van der Waals surface area contributed by atoms with Gasteiger partial charge >= 0.3 is 5.97 Å². The Kier molecular flexibility index (Phi) is 5.46. The highest BCUT2D eigenvalue weighted by Gasteiger charge is 2.28. The summed E-state index contributed by atoms with van der Waals surface area (Å²) in [5.41, 5.74) is 2.37. The molecule has 0 radical (unpaired) electrons. The van der Waals surface area contributed by atoms with E-state index >= 15 is 0 Å². The van der Waals surface area contributed by atoms with E-state index in [1.165, 1.54) is 13.8 Å². The van der Waals surface area contributed by atoms with E-state index in [2.05, 4.69) is 5.10 Å². The van der Waals surface area contributed by atoms with Crippen molar-refractivity contribution in [2.45, 2.75) is 32.6 Å². The number of aliphatic carboxylic acids is 1. The van der Waals surface area contributed by atoms with Crippen LogP contribution in [0.3, 0.4) is 0 Å². The first-order chi connectivity index (χ1) is 12.4. The molecule has 2 aromatic heterocycles. The third-order valence-electron chi connectivity index (χ3n) is 4.02. The van der Waals surface area contributed by atoms with Gasteiger partial charge in [0.2, 0.25) is 0 Å². The lowest BCUT2D eigenvalue weighted by atomic mass is 10.1. The van der Waals surface area contributed by atoms with E-state index < -0.39 is 11.6 Å². The van der Waals surface area contributed by atoms with Gasteiger partial charge in [-0.3, -0.25) is 4.68 Å². The molecular formula is C19H19ClN2O3S. The van der Waals surface area contributed by atoms with Crippen LogP contribution in [0.1, 0.15) is 25.1 Å². The molecule has 3 aromatic rings. The van der Waals surface area contributed by atoms with Gasteiger partial charge in [0.15, 0.2) is 5.60 Å². The molecule has 1 N–H and O–H groups in total. The molecule has 0 aliphatic heterocycles. The molecule has 3 rings (SSSR count). The van der Waals surface area contributed by atoms with Crippen molar-refractivity contribution in [3.05, 3.63) is 63.4 Å². The second-order valence-corrected chi connectivity index (χ2v) is 7.57. The van der Waals surface area contributed by atoms with Gasteiger partial charge in [-0.25, -0.2) is 4.79 Å². The van der Waals surface area contributed by atoms with Gasteiger partial charge < -0.3 is 9.84 Å². The number of thiophene rings is 1. The average molecular weight is 391 g/mol. The molecule has 26 heavy (non-hydrogen) atoms. The zero-order valence-corrected chi connectivity index (χ0v) is 16.0. The zero-order valence-electron chi connectivity index (χ0n) is 14.5. The molecule has 0 unspecified atom stereocenters. The van der Waals surface area contributed by atoms with Crippen LogP contribution in [-0.2, 0) is 22.7 Å². The second-order valence-electron chi connectivity index (χ2n) is 6.39. The van der Waals surface area contributed by atoms with Crippen LogP contribution in [0.2, 0.25) is 5.02 Å². The quantitative estimate of drug-likeness (QED) is 0.635. The summed E-state index contributed by atoms with van der Waals surface area (Å²) in [6, 6.07) is 11.6. The number of hydrogen-bond donors (Lipinski definition) is 1. The van der Waals surface area contributed by atoms with Crippen LogP contribution >= 0.6 is 22.9 Å². The molecule has 0 atom stereocenters. The van der Waals surface area contributed by atoms with Crippen molar-refractivity contribution in [1.29, 1.82) is 0 Å². The van der Waals surface area contributed by atoms with Crippen LogP contribution in [0.15, 0.2) is 47.2 Å². The lowest BCUT2D eigenvalue weighted by Crippen LogP contribution is -2.34. The fraction of sp³-hybridized carbons (Fsp3) is 0.263. The Morgan fingerprint density at radius 2 is 2.12 bits per heavy atom. The van der Waals surface area contributed by atoms with E-state index in [9.17, 15) is 9.90 Å². The fourth-order valence-electron chi connectivity index (χ4n) is 2.41. The van der Waals surface area contributed by atoms with Crippen LogP contribution in [0.5, 0.6) is 0 Å². The summed E-state index contributed by atoms with van der Waals surface area (Å²) in [6.45, 7) is 3.69. The molecule has 0 saturated heterocycles. The predicted octanol–water partition coefficient (Wildman–Crippen LogP) is 4.69. The van der Waals surface area contributed by atoms with Crippen molar-refractivity contribution >= 4 is 28.9 Å². The summed E-state index contributed by atoms with van der Waals surface area (Å²) in [5.74, 6) is -1.01. The molecule has 136 valence electrons. The van der Waals surface area contributed by atoms with Crippen LogP contribution in [0.25, 0.3) is 11.3 Å². The molecule has 0 bridgehead atoms. The Labute approximate surface area is 160 Å². The van der Waals surface area contributed by atoms with E-state index in [1.54, 1.807) is 11.3 Å². The third kappa shape index (κ3) is 4.15. The summed E-state index contributed by atoms with van der Waals surface area (Å²) < 4.78 is 7.41. The number of aromatic nitrogens is 2. The lowest BCUT2D eigenvalue weighted by molar-refractivity contribution is -0.162. The maximum absolute atomic E-state index is 11.2. The Hall–Kier alpha value is -2.15. The molecule has 1 aromatic carbocycles. The minimum Gasteiger partial charge on any atom is -0.479 e. The monoisotopic (exact) mass is 390 g/mol. The number of rotatable bonds is 7. The Balaban J connectivity index is 1.89. The summed E-state index contributed by atoms with van der Waals surface area (Å²) in [4.78, 5) is 11.2. The first-order valence-corrected chi connectivity index (χ1v) is 9.39. The van der Waals surface area contributed by atoms with Crippen LogP contribution in [-0.4, -0.2) is 26.5 Å². The number of nitrogens with zero attached hydrogens (tertiary/aromatic N) is 2. The largest absolute Gasteiger partial charge is 0.479 e. The standard InChI is InChI=1S/C19H19ClN2O3S/c1-19(2,18(23)24)25-11-15-9-17(14-7-8-26-12-14)22(21-15)10-13-5-3-4-6-16(13)20/h3-9,12H,10-11H2,1-2H3,(H,23,24). The van der Waals surface area contributed by atoms with Crippen molar-refractivity contribution in [2.24, 2.45) is 0 Å². The average Bonchev–Trinajstić information content (AvgIpc) is 3.24. The van der Waals surface area contributed by atoms with Gasteiger partial charge in [0.1, 0.15) is 0 Å². The fourth-order valence-corrected chi connectivity index (χ4v) is 3.25. The molecule has 0 aliphatic carbocycles. The Morgan fingerprint density at radius 3 is 2.77 bits per heavy atom. The smallest absolute Gasteiger partial charge is 0.335 e. The van der Waals surface area contributed by atoms with E-state index in [0.717, 1.165) is 16.8 Å². The molecule has 5 nitrogen and oxygen atoms in total. The Morgan fingerprint density at radius 1 is 1.35 bits per heavy atom. The van der Waals surface area contributed by atoms with Gasteiger partial charge in [-0.05, 0) is 43.0 Å². The first kappa shape index (κ1) is 18.6. The van der Waals surface area contributed by atoms with Crippen LogP contribution in [0, 0.1) is 0 Å². The topological polar surface area (TPSA) is 64.4 Å². The van der Waals surface area contributed by atoms with Gasteiger partial charge in [-0.2, -0.15) is 16.4 Å². The van der Waals surface area contributed by atoms with Gasteiger partial charge in [-0.1, -0.05) is 29.8 Å². The van der Waals surface area contributed by atoms with Crippen molar-refractivity contribution in [3.8, 4) is 11.3 Å². The van der Waals surface area contributed by atoms with E-state index in [1.807, 2.05) is 51.8 Å². The maximum atomic E-state index is 11.2. The summed E-state index contributed by atoms with van der Waals surface area (Å²) >= 11 is 7.89. The summed E-state index contributed by atoms with van der Waals surface area (Å²) in [5, 5.41) is 18.5. The minimum atomic E-state index is -1.27. The molecule has 7 heteroatoms. The molecule has 0 aliphatic rings. The number of benzene rings is 1. The molecular weight excluding hydrogens is 372 g/mol. The highest BCUT2D eigenvalue weighted by Crippen LogP contribution is 2.26. The number of carboxylic acids is 1. The number of ether oxygens (including phenoxy) is 1. The van der Waals surface area contributed by atoms with E-state index in [-0.39, 0.29) is 6.61 Å². The number of carboxylic acid groups (broad SMARTS) is 1. The SMILES string of the molecule is CC(C)(OCc1cc(-c2ccsc2)n(Cc2ccccc2Cl)n1)C(=O)O. The van der Waals surface area contributed by atoms with Crippen molar-refractivity contribution in [1.82, 2.24) is 9.78 Å². The van der Waals surface area contributed by atoms with Crippen LogP contribution < -0.4 is 0 Å².